The highest BCUT2D eigenvalue weighted by atomic mass is 79.9. The largest absolute Gasteiger partial charge is 0.352 e. The third-order valence-electron chi connectivity index (χ3n) is 5.40. The first-order valence-electron chi connectivity index (χ1n) is 10.0. The number of likely N-dealkylation sites (tertiary alicyclic amines) is 1. The predicted molar refractivity (Wildman–Crippen MR) is 121 cm³/mol. The molecule has 1 fully saturated rings. The monoisotopic (exact) mass is 462 g/mol. The molecule has 30 heavy (non-hydrogen) atoms. The Balaban J connectivity index is 1.38. The Morgan fingerprint density at radius 1 is 1.00 bits per heavy atom. The Morgan fingerprint density at radius 3 is 2.57 bits per heavy atom. The number of halogens is 1. The molecule has 0 aliphatic carbocycles. The molecule has 0 unspecified atom stereocenters. The quantitative estimate of drug-likeness (QED) is 0.572. The lowest BCUT2D eigenvalue weighted by atomic mass is 9.99. The van der Waals surface area contributed by atoms with Crippen LogP contribution in [0.2, 0.25) is 0 Å². The number of carbonyl (C=O) groups excluding carboxylic acids is 2. The van der Waals surface area contributed by atoms with Crippen LogP contribution >= 0.6 is 15.9 Å². The second-order valence-electron chi connectivity index (χ2n) is 7.55. The molecule has 4 nitrogen and oxygen atoms in total. The summed E-state index contributed by atoms with van der Waals surface area (Å²) in [6, 6.07) is 26.1. The Bertz CT molecular complexity index is 1050. The van der Waals surface area contributed by atoms with Crippen molar-refractivity contribution in [2.24, 2.45) is 5.92 Å². The zero-order chi connectivity index (χ0) is 20.9. The van der Waals surface area contributed by atoms with E-state index < -0.39 is 0 Å². The van der Waals surface area contributed by atoms with Gasteiger partial charge >= 0.3 is 0 Å². The predicted octanol–water partition coefficient (Wildman–Crippen LogP) is 4.78. The van der Waals surface area contributed by atoms with E-state index in [-0.39, 0.29) is 24.2 Å². The van der Waals surface area contributed by atoms with Crippen LogP contribution in [0.25, 0.3) is 11.1 Å². The summed E-state index contributed by atoms with van der Waals surface area (Å²) in [4.78, 5) is 27.0. The van der Waals surface area contributed by atoms with Crippen LogP contribution in [0.1, 0.15) is 17.5 Å². The lowest BCUT2D eigenvalue weighted by Crippen LogP contribution is -2.32. The van der Waals surface area contributed by atoms with Gasteiger partial charge in [0.05, 0.1) is 5.92 Å². The standard InChI is InChI=1S/C25H23BrN2O2/c26-22-11-6-7-18(13-22)16-28-17-21(14-24(28)29)25(30)27-15-20-10-4-5-12-23(20)19-8-2-1-3-9-19/h1-13,21H,14-17H2,(H,27,30)/t21-/m1/s1. The number of hydrogen-bond donors (Lipinski definition) is 1. The highest BCUT2D eigenvalue weighted by Gasteiger charge is 2.34. The van der Waals surface area contributed by atoms with Gasteiger partial charge in [0.2, 0.25) is 11.8 Å². The molecule has 1 aliphatic rings. The first-order valence-corrected chi connectivity index (χ1v) is 10.8. The van der Waals surface area contributed by atoms with Crippen molar-refractivity contribution in [2.75, 3.05) is 6.54 Å². The van der Waals surface area contributed by atoms with E-state index in [1.54, 1.807) is 4.90 Å². The molecule has 2 amide bonds. The first-order chi connectivity index (χ1) is 14.6. The van der Waals surface area contributed by atoms with E-state index in [4.69, 9.17) is 0 Å². The number of amides is 2. The normalized spacial score (nSPS) is 16.0. The molecule has 3 aromatic carbocycles. The Kier molecular flexibility index (Phi) is 6.29. The summed E-state index contributed by atoms with van der Waals surface area (Å²) in [6.45, 7) is 1.43. The van der Waals surface area contributed by atoms with Gasteiger partial charge in [-0.3, -0.25) is 9.59 Å². The van der Waals surface area contributed by atoms with Gasteiger partial charge in [0, 0.05) is 30.5 Å². The maximum Gasteiger partial charge on any atom is 0.225 e. The Hall–Kier alpha value is -2.92. The molecule has 1 atom stereocenters. The fraction of sp³-hybridized carbons (Fsp3) is 0.200. The van der Waals surface area contributed by atoms with Crippen LogP contribution < -0.4 is 5.32 Å². The molecule has 1 N–H and O–H groups in total. The van der Waals surface area contributed by atoms with Gasteiger partial charge < -0.3 is 10.2 Å². The van der Waals surface area contributed by atoms with Crippen LogP contribution in [0.3, 0.4) is 0 Å². The molecule has 0 radical (unpaired) electrons. The fourth-order valence-electron chi connectivity index (χ4n) is 3.86. The minimum Gasteiger partial charge on any atom is -0.352 e. The average Bonchev–Trinajstić information content (AvgIpc) is 3.13. The van der Waals surface area contributed by atoms with Crippen molar-refractivity contribution in [1.82, 2.24) is 10.2 Å². The number of rotatable bonds is 6. The van der Waals surface area contributed by atoms with Gasteiger partial charge in [-0.1, -0.05) is 82.7 Å². The molecule has 3 aromatic rings. The average molecular weight is 463 g/mol. The second kappa shape index (κ2) is 9.26. The summed E-state index contributed by atoms with van der Waals surface area (Å²) in [5, 5.41) is 3.04. The van der Waals surface area contributed by atoms with Crippen LogP contribution in [0.15, 0.2) is 83.3 Å². The highest BCUT2D eigenvalue weighted by Crippen LogP contribution is 2.25. The van der Waals surface area contributed by atoms with Gasteiger partial charge in [-0.05, 0) is 34.4 Å². The van der Waals surface area contributed by atoms with Gasteiger partial charge in [0.25, 0.3) is 0 Å². The number of carbonyl (C=O) groups is 2. The minimum atomic E-state index is -0.312. The fourth-order valence-corrected chi connectivity index (χ4v) is 4.30. The van der Waals surface area contributed by atoms with Crippen molar-refractivity contribution in [3.8, 4) is 11.1 Å². The van der Waals surface area contributed by atoms with Crippen molar-refractivity contribution in [1.29, 1.82) is 0 Å². The summed E-state index contributed by atoms with van der Waals surface area (Å²) < 4.78 is 0.984. The van der Waals surface area contributed by atoms with Crippen molar-refractivity contribution >= 4 is 27.7 Å². The summed E-state index contributed by atoms with van der Waals surface area (Å²) in [5.74, 6) is -0.351. The van der Waals surface area contributed by atoms with Crippen LogP contribution in [-0.2, 0) is 22.7 Å². The second-order valence-corrected chi connectivity index (χ2v) is 8.46. The molecule has 4 rings (SSSR count). The van der Waals surface area contributed by atoms with E-state index in [1.807, 2.05) is 60.7 Å². The van der Waals surface area contributed by atoms with Crippen LogP contribution in [0.5, 0.6) is 0 Å². The highest BCUT2D eigenvalue weighted by molar-refractivity contribution is 9.10. The number of hydrogen-bond acceptors (Lipinski definition) is 2. The zero-order valence-electron chi connectivity index (χ0n) is 16.6. The van der Waals surface area contributed by atoms with E-state index in [9.17, 15) is 9.59 Å². The third kappa shape index (κ3) is 4.79. The maximum atomic E-state index is 12.8. The van der Waals surface area contributed by atoms with Crippen molar-refractivity contribution in [2.45, 2.75) is 19.5 Å². The SMILES string of the molecule is O=C(NCc1ccccc1-c1ccccc1)[C@@H]1CC(=O)N(Cc2cccc(Br)c2)C1. The molecule has 0 saturated carbocycles. The minimum absolute atomic E-state index is 0.0276. The van der Waals surface area contributed by atoms with E-state index in [0.717, 1.165) is 26.7 Å². The molecule has 0 spiro atoms. The molecular weight excluding hydrogens is 440 g/mol. The molecule has 1 aliphatic heterocycles. The molecule has 0 aromatic heterocycles. The smallest absolute Gasteiger partial charge is 0.225 e. The molecule has 1 heterocycles. The molecule has 152 valence electrons. The molecule has 5 heteroatoms. The van der Waals surface area contributed by atoms with Crippen molar-refractivity contribution in [3.05, 3.63) is 94.5 Å². The maximum absolute atomic E-state index is 12.8. The van der Waals surface area contributed by atoms with Gasteiger partial charge in [0.15, 0.2) is 0 Å². The molecule has 0 bridgehead atoms. The van der Waals surface area contributed by atoms with E-state index in [0.29, 0.717) is 19.6 Å². The van der Waals surface area contributed by atoms with Crippen LogP contribution in [-0.4, -0.2) is 23.3 Å². The van der Waals surface area contributed by atoms with Crippen molar-refractivity contribution < 1.29 is 9.59 Å². The Morgan fingerprint density at radius 2 is 1.77 bits per heavy atom. The summed E-state index contributed by atoms with van der Waals surface area (Å²) in [5.41, 5.74) is 4.35. The Labute approximate surface area is 185 Å². The van der Waals surface area contributed by atoms with Gasteiger partial charge in [0.1, 0.15) is 0 Å². The zero-order valence-corrected chi connectivity index (χ0v) is 18.1. The van der Waals surface area contributed by atoms with Crippen LogP contribution in [0, 0.1) is 5.92 Å². The molecular formula is C25H23BrN2O2. The van der Waals surface area contributed by atoms with Gasteiger partial charge in [-0.15, -0.1) is 0 Å². The van der Waals surface area contributed by atoms with E-state index >= 15 is 0 Å². The third-order valence-corrected chi connectivity index (χ3v) is 5.90. The summed E-state index contributed by atoms with van der Waals surface area (Å²) in [7, 11) is 0. The summed E-state index contributed by atoms with van der Waals surface area (Å²) in [6.07, 6.45) is 0.264. The van der Waals surface area contributed by atoms with E-state index in [1.165, 1.54) is 0 Å². The lowest BCUT2D eigenvalue weighted by molar-refractivity contribution is -0.129. The van der Waals surface area contributed by atoms with Crippen molar-refractivity contribution in [3.63, 3.8) is 0 Å². The number of benzene rings is 3. The van der Waals surface area contributed by atoms with Gasteiger partial charge in [-0.25, -0.2) is 0 Å². The van der Waals surface area contributed by atoms with Gasteiger partial charge in [-0.2, -0.15) is 0 Å². The topological polar surface area (TPSA) is 49.4 Å². The first kappa shape index (κ1) is 20.4. The molecule has 1 saturated heterocycles. The number of nitrogens with zero attached hydrogens (tertiary/aromatic N) is 1. The van der Waals surface area contributed by atoms with Crippen LogP contribution in [0.4, 0.5) is 0 Å². The number of nitrogens with one attached hydrogen (secondary N) is 1. The van der Waals surface area contributed by atoms with E-state index in [2.05, 4.69) is 39.4 Å². The summed E-state index contributed by atoms with van der Waals surface area (Å²) >= 11 is 3.46. The lowest BCUT2D eigenvalue weighted by Gasteiger charge is -2.17.